The van der Waals surface area contributed by atoms with Gasteiger partial charge in [0.1, 0.15) is 0 Å². The zero-order valence-corrected chi connectivity index (χ0v) is 13.0. The smallest absolute Gasteiger partial charge is 0.330 e. The second-order valence-electron chi connectivity index (χ2n) is 4.79. The van der Waals surface area contributed by atoms with Crippen molar-refractivity contribution in [1.82, 2.24) is 0 Å². The van der Waals surface area contributed by atoms with Crippen LogP contribution in [-0.2, 0) is 20.7 Å². The van der Waals surface area contributed by atoms with Crippen molar-refractivity contribution >= 4 is 24.1 Å². The minimum Gasteiger partial charge on any atom is -0.463 e. The predicted octanol–water partition coefficient (Wildman–Crippen LogP) is 3.20. The van der Waals surface area contributed by atoms with E-state index in [1.165, 1.54) is 6.08 Å². The number of rotatable bonds is 8. The molecule has 1 aromatic rings. The van der Waals surface area contributed by atoms with Crippen LogP contribution in [0.3, 0.4) is 0 Å². The van der Waals surface area contributed by atoms with Gasteiger partial charge in [-0.2, -0.15) is 0 Å². The molecule has 0 aliphatic carbocycles. The summed E-state index contributed by atoms with van der Waals surface area (Å²) in [5.41, 5.74) is 2.89. The first-order chi connectivity index (χ1) is 10.1. The number of benzene rings is 1. The number of unbranched alkanes of at least 4 members (excludes halogenated alkanes) is 1. The van der Waals surface area contributed by atoms with Gasteiger partial charge in [0.25, 0.3) is 0 Å². The maximum atomic E-state index is 11.3. The predicted molar refractivity (Wildman–Crippen MR) is 85.2 cm³/mol. The number of aryl methyl sites for hydroxylation is 1. The second-order valence-corrected chi connectivity index (χ2v) is 4.79. The van der Waals surface area contributed by atoms with E-state index in [1.807, 2.05) is 18.2 Å². The molecule has 0 N–H and O–H groups in total. The number of amides is 1. The number of anilines is 1. The maximum absolute atomic E-state index is 11.3. The SMILES string of the molecule is CCCCc1ccc(/C=C/C(=O)OCC)cc1N(C)C=O. The van der Waals surface area contributed by atoms with Gasteiger partial charge in [-0.1, -0.05) is 25.5 Å². The van der Waals surface area contributed by atoms with Crippen LogP contribution in [0.5, 0.6) is 0 Å². The first-order valence-electron chi connectivity index (χ1n) is 7.28. The Bertz CT molecular complexity index is 509. The van der Waals surface area contributed by atoms with E-state index in [9.17, 15) is 9.59 Å². The number of carbonyl (C=O) groups excluding carboxylic acids is 2. The molecule has 0 saturated carbocycles. The fraction of sp³-hybridized carbons (Fsp3) is 0.412. The summed E-state index contributed by atoms with van der Waals surface area (Å²) in [7, 11) is 1.73. The van der Waals surface area contributed by atoms with E-state index in [2.05, 4.69) is 6.92 Å². The molecule has 4 nitrogen and oxygen atoms in total. The Kier molecular flexibility index (Phi) is 7.23. The van der Waals surface area contributed by atoms with Crippen LogP contribution in [-0.4, -0.2) is 26.0 Å². The van der Waals surface area contributed by atoms with Gasteiger partial charge < -0.3 is 9.64 Å². The van der Waals surface area contributed by atoms with Crippen molar-refractivity contribution in [2.24, 2.45) is 0 Å². The van der Waals surface area contributed by atoms with E-state index in [4.69, 9.17) is 4.74 Å². The van der Waals surface area contributed by atoms with E-state index >= 15 is 0 Å². The largest absolute Gasteiger partial charge is 0.463 e. The third-order valence-corrected chi connectivity index (χ3v) is 3.15. The average Bonchev–Trinajstić information content (AvgIpc) is 2.50. The summed E-state index contributed by atoms with van der Waals surface area (Å²) in [6.07, 6.45) is 7.01. The van der Waals surface area contributed by atoms with Crippen LogP contribution in [0.15, 0.2) is 24.3 Å². The molecular weight excluding hydrogens is 266 g/mol. The molecular formula is C17H23NO3. The molecule has 0 aliphatic rings. The monoisotopic (exact) mass is 289 g/mol. The topological polar surface area (TPSA) is 46.6 Å². The molecule has 0 bridgehead atoms. The van der Waals surface area contributed by atoms with Crippen LogP contribution < -0.4 is 4.90 Å². The highest BCUT2D eigenvalue weighted by molar-refractivity contribution is 5.87. The summed E-state index contributed by atoms with van der Waals surface area (Å²) < 4.78 is 4.85. The van der Waals surface area contributed by atoms with E-state index in [0.717, 1.165) is 42.5 Å². The van der Waals surface area contributed by atoms with Gasteiger partial charge >= 0.3 is 5.97 Å². The molecule has 4 heteroatoms. The summed E-state index contributed by atoms with van der Waals surface area (Å²) in [5.74, 6) is -0.363. The van der Waals surface area contributed by atoms with E-state index < -0.39 is 0 Å². The number of hydrogen-bond acceptors (Lipinski definition) is 3. The normalized spacial score (nSPS) is 10.6. The van der Waals surface area contributed by atoms with Gasteiger partial charge in [-0.05, 0) is 43.0 Å². The number of carbonyl (C=O) groups is 2. The number of hydrogen-bond donors (Lipinski definition) is 0. The summed E-state index contributed by atoms with van der Waals surface area (Å²) in [4.78, 5) is 23.9. The average molecular weight is 289 g/mol. The van der Waals surface area contributed by atoms with Crippen LogP contribution >= 0.6 is 0 Å². The molecule has 0 aromatic heterocycles. The van der Waals surface area contributed by atoms with Crippen molar-refractivity contribution < 1.29 is 14.3 Å². The summed E-state index contributed by atoms with van der Waals surface area (Å²) in [6, 6.07) is 5.87. The highest BCUT2D eigenvalue weighted by Crippen LogP contribution is 2.23. The minimum absolute atomic E-state index is 0.359. The summed E-state index contributed by atoms with van der Waals surface area (Å²) in [6.45, 7) is 4.27. The first kappa shape index (κ1) is 17.0. The number of nitrogens with zero attached hydrogens (tertiary/aromatic N) is 1. The van der Waals surface area contributed by atoms with Crippen molar-refractivity contribution in [1.29, 1.82) is 0 Å². The lowest BCUT2D eigenvalue weighted by molar-refractivity contribution is -0.137. The molecule has 21 heavy (non-hydrogen) atoms. The van der Waals surface area contributed by atoms with Crippen LogP contribution in [0, 0.1) is 0 Å². The van der Waals surface area contributed by atoms with E-state index in [-0.39, 0.29) is 5.97 Å². The van der Waals surface area contributed by atoms with Gasteiger partial charge in [0.2, 0.25) is 6.41 Å². The Labute approximate surface area is 126 Å². The highest BCUT2D eigenvalue weighted by Gasteiger charge is 2.07. The minimum atomic E-state index is -0.363. The van der Waals surface area contributed by atoms with Crippen molar-refractivity contribution in [2.45, 2.75) is 33.1 Å². The fourth-order valence-corrected chi connectivity index (χ4v) is 2.00. The van der Waals surface area contributed by atoms with E-state index in [1.54, 1.807) is 24.9 Å². The van der Waals surface area contributed by atoms with Crippen molar-refractivity contribution in [3.05, 3.63) is 35.4 Å². The summed E-state index contributed by atoms with van der Waals surface area (Å²) in [5, 5.41) is 0. The molecule has 0 atom stereocenters. The zero-order chi connectivity index (χ0) is 15.7. The lowest BCUT2D eigenvalue weighted by Gasteiger charge is -2.17. The highest BCUT2D eigenvalue weighted by atomic mass is 16.5. The van der Waals surface area contributed by atoms with E-state index in [0.29, 0.717) is 6.61 Å². The van der Waals surface area contributed by atoms with Gasteiger partial charge in [0, 0.05) is 18.8 Å². The Morgan fingerprint density at radius 2 is 2.10 bits per heavy atom. The Morgan fingerprint density at radius 1 is 1.33 bits per heavy atom. The van der Waals surface area contributed by atoms with Crippen LogP contribution in [0.4, 0.5) is 5.69 Å². The molecule has 0 fully saturated rings. The molecule has 114 valence electrons. The maximum Gasteiger partial charge on any atom is 0.330 e. The van der Waals surface area contributed by atoms with Crippen LogP contribution in [0.25, 0.3) is 6.08 Å². The third-order valence-electron chi connectivity index (χ3n) is 3.15. The fourth-order valence-electron chi connectivity index (χ4n) is 2.00. The lowest BCUT2D eigenvalue weighted by atomic mass is 10.0. The molecule has 1 rings (SSSR count). The molecule has 0 saturated heterocycles. The number of esters is 1. The van der Waals surface area contributed by atoms with Crippen LogP contribution in [0.1, 0.15) is 37.8 Å². The van der Waals surface area contributed by atoms with Gasteiger partial charge in [-0.3, -0.25) is 4.79 Å². The van der Waals surface area contributed by atoms with Crippen molar-refractivity contribution in [2.75, 3.05) is 18.6 Å². The second kappa shape index (κ2) is 8.95. The Morgan fingerprint density at radius 3 is 2.71 bits per heavy atom. The molecule has 1 aromatic carbocycles. The molecule has 0 spiro atoms. The Hall–Kier alpha value is -2.10. The standard InChI is InChI=1S/C17H23NO3/c1-4-6-7-15-10-8-14(9-11-17(20)21-5-2)12-16(15)18(3)13-19/h8-13H,4-7H2,1-3H3/b11-9+. The number of ether oxygens (including phenoxy) is 1. The van der Waals surface area contributed by atoms with Gasteiger partial charge in [-0.25, -0.2) is 4.79 Å². The molecule has 0 radical (unpaired) electrons. The lowest BCUT2D eigenvalue weighted by Crippen LogP contribution is -2.16. The van der Waals surface area contributed by atoms with Crippen LogP contribution in [0.2, 0.25) is 0 Å². The van der Waals surface area contributed by atoms with Gasteiger partial charge in [0.15, 0.2) is 0 Å². The van der Waals surface area contributed by atoms with Crippen molar-refractivity contribution in [3.63, 3.8) is 0 Å². The van der Waals surface area contributed by atoms with Gasteiger partial charge in [0.05, 0.1) is 6.61 Å². The molecule has 0 heterocycles. The molecule has 0 aliphatic heterocycles. The quantitative estimate of drug-likeness (QED) is 0.419. The third kappa shape index (κ3) is 5.42. The summed E-state index contributed by atoms with van der Waals surface area (Å²) >= 11 is 0. The first-order valence-corrected chi connectivity index (χ1v) is 7.28. The van der Waals surface area contributed by atoms with Crippen molar-refractivity contribution in [3.8, 4) is 0 Å². The zero-order valence-electron chi connectivity index (χ0n) is 13.0. The van der Waals surface area contributed by atoms with Gasteiger partial charge in [-0.15, -0.1) is 0 Å². The Balaban J connectivity index is 2.98. The molecule has 1 amide bonds. The molecule has 0 unspecified atom stereocenters.